The fraction of sp³-hybridized carbons (Fsp3) is 0.333. The topological polar surface area (TPSA) is 82.2 Å². The van der Waals surface area contributed by atoms with Crippen molar-refractivity contribution in [3.05, 3.63) is 33.9 Å². The molecular formula is C15H14Cl2N2O3. The summed E-state index contributed by atoms with van der Waals surface area (Å²) in [7, 11) is 0. The van der Waals surface area contributed by atoms with Gasteiger partial charge in [0, 0.05) is 15.9 Å². The highest BCUT2D eigenvalue weighted by Gasteiger charge is 2.41. The van der Waals surface area contributed by atoms with Gasteiger partial charge in [0.05, 0.1) is 17.0 Å². The summed E-state index contributed by atoms with van der Waals surface area (Å²) in [4.78, 5) is 26.4. The molecule has 1 amide bonds. The normalized spacial score (nSPS) is 16.3. The van der Waals surface area contributed by atoms with Crippen LogP contribution in [0.2, 0.25) is 10.0 Å². The summed E-state index contributed by atoms with van der Waals surface area (Å²) >= 11 is 12.2. The van der Waals surface area contributed by atoms with Gasteiger partial charge in [0.2, 0.25) is 0 Å². The molecule has 3 N–H and O–H groups in total. The fourth-order valence-corrected chi connectivity index (χ4v) is 3.29. The number of benzene rings is 1. The zero-order valence-electron chi connectivity index (χ0n) is 11.6. The number of carbonyl (C=O) groups is 2. The lowest BCUT2D eigenvalue weighted by Crippen LogP contribution is -2.54. The molecule has 0 aliphatic heterocycles. The zero-order chi connectivity index (χ0) is 15.9. The Bertz CT molecular complexity index is 765. The second-order valence-electron chi connectivity index (χ2n) is 5.66. The number of aromatic nitrogens is 1. The molecule has 22 heavy (non-hydrogen) atoms. The Labute approximate surface area is 136 Å². The van der Waals surface area contributed by atoms with Crippen molar-refractivity contribution >= 4 is 46.0 Å². The summed E-state index contributed by atoms with van der Waals surface area (Å²) in [5, 5.41) is 13.3. The first-order chi connectivity index (χ1) is 10.4. The van der Waals surface area contributed by atoms with Gasteiger partial charge < -0.3 is 15.4 Å². The molecule has 1 fully saturated rings. The minimum absolute atomic E-state index is 0.0809. The van der Waals surface area contributed by atoms with Crippen LogP contribution in [0.3, 0.4) is 0 Å². The van der Waals surface area contributed by atoms with Crippen molar-refractivity contribution in [3.8, 4) is 0 Å². The molecule has 0 spiro atoms. The summed E-state index contributed by atoms with van der Waals surface area (Å²) in [6.07, 6.45) is 2.15. The smallest absolute Gasteiger partial charge is 0.305 e. The second-order valence-corrected chi connectivity index (χ2v) is 6.48. The Hall–Kier alpha value is -1.72. The van der Waals surface area contributed by atoms with E-state index in [-0.39, 0.29) is 12.1 Å². The largest absolute Gasteiger partial charge is 0.481 e. The van der Waals surface area contributed by atoms with E-state index in [1.807, 2.05) is 0 Å². The highest BCUT2D eigenvalue weighted by Crippen LogP contribution is 2.36. The average Bonchev–Trinajstić information content (AvgIpc) is 2.73. The Morgan fingerprint density at radius 3 is 2.64 bits per heavy atom. The molecule has 2 aromatic rings. The maximum atomic E-state index is 12.5. The van der Waals surface area contributed by atoms with Crippen molar-refractivity contribution in [2.24, 2.45) is 0 Å². The van der Waals surface area contributed by atoms with Crippen LogP contribution in [0.15, 0.2) is 18.2 Å². The molecule has 7 heteroatoms. The van der Waals surface area contributed by atoms with E-state index < -0.39 is 17.4 Å². The van der Waals surface area contributed by atoms with E-state index in [9.17, 15) is 9.59 Å². The van der Waals surface area contributed by atoms with Gasteiger partial charge in [0.1, 0.15) is 5.69 Å². The van der Waals surface area contributed by atoms with Crippen molar-refractivity contribution in [2.75, 3.05) is 0 Å². The molecule has 5 nitrogen and oxygen atoms in total. The minimum atomic E-state index is -0.922. The first kappa shape index (κ1) is 15.2. The Morgan fingerprint density at radius 1 is 1.32 bits per heavy atom. The van der Waals surface area contributed by atoms with Crippen molar-refractivity contribution in [2.45, 2.75) is 31.2 Å². The van der Waals surface area contributed by atoms with Gasteiger partial charge in [-0.1, -0.05) is 23.2 Å². The molecule has 0 unspecified atom stereocenters. The lowest BCUT2D eigenvalue weighted by molar-refractivity contribution is -0.139. The lowest BCUT2D eigenvalue weighted by Gasteiger charge is -2.41. The van der Waals surface area contributed by atoms with Crippen LogP contribution in [-0.4, -0.2) is 27.5 Å². The number of amides is 1. The van der Waals surface area contributed by atoms with E-state index in [0.717, 1.165) is 6.42 Å². The van der Waals surface area contributed by atoms with Crippen LogP contribution >= 0.6 is 23.2 Å². The number of fused-ring (bicyclic) bond motifs is 1. The molecule has 1 aliphatic carbocycles. The quantitative estimate of drug-likeness (QED) is 0.795. The number of hydrogen-bond donors (Lipinski definition) is 3. The van der Waals surface area contributed by atoms with Crippen LogP contribution in [0, 0.1) is 0 Å². The standard InChI is InChI=1S/C15H14Cl2N2O3/c16-8-2-3-10-9(6-8)12(17)13(18-10)14(22)19-15(4-1-5-15)7-11(20)21/h2-3,6,18H,1,4-5,7H2,(H,19,22)(H,20,21). The number of carbonyl (C=O) groups excluding carboxylic acids is 1. The van der Waals surface area contributed by atoms with Gasteiger partial charge in [0.25, 0.3) is 5.91 Å². The predicted molar refractivity (Wildman–Crippen MR) is 84.6 cm³/mol. The van der Waals surface area contributed by atoms with E-state index in [2.05, 4.69) is 10.3 Å². The van der Waals surface area contributed by atoms with Crippen LogP contribution in [0.5, 0.6) is 0 Å². The van der Waals surface area contributed by atoms with Crippen LogP contribution in [0.25, 0.3) is 10.9 Å². The Kier molecular flexibility index (Phi) is 3.78. The van der Waals surface area contributed by atoms with Crippen molar-refractivity contribution in [3.63, 3.8) is 0 Å². The predicted octanol–water partition coefficient (Wildman–Crippen LogP) is 3.60. The SMILES string of the molecule is O=C(O)CC1(NC(=O)c2[nH]c3ccc(Cl)cc3c2Cl)CCC1. The number of H-pyrrole nitrogens is 1. The van der Waals surface area contributed by atoms with Gasteiger partial charge in [-0.15, -0.1) is 0 Å². The Morgan fingerprint density at radius 2 is 2.05 bits per heavy atom. The number of aliphatic carboxylic acids is 1. The first-order valence-corrected chi connectivity index (χ1v) is 7.67. The van der Waals surface area contributed by atoms with Crippen LogP contribution in [0.1, 0.15) is 36.2 Å². The van der Waals surface area contributed by atoms with Gasteiger partial charge in [-0.25, -0.2) is 0 Å². The van der Waals surface area contributed by atoms with Crippen LogP contribution in [0.4, 0.5) is 0 Å². The van der Waals surface area contributed by atoms with E-state index in [0.29, 0.717) is 33.8 Å². The molecule has 1 aromatic heterocycles. The molecular weight excluding hydrogens is 327 g/mol. The van der Waals surface area contributed by atoms with Crippen molar-refractivity contribution < 1.29 is 14.7 Å². The second kappa shape index (κ2) is 5.48. The molecule has 116 valence electrons. The monoisotopic (exact) mass is 340 g/mol. The maximum Gasteiger partial charge on any atom is 0.305 e. The van der Waals surface area contributed by atoms with Gasteiger partial charge >= 0.3 is 5.97 Å². The minimum Gasteiger partial charge on any atom is -0.481 e. The highest BCUT2D eigenvalue weighted by atomic mass is 35.5. The van der Waals surface area contributed by atoms with Gasteiger partial charge in [0.15, 0.2) is 0 Å². The van der Waals surface area contributed by atoms with Gasteiger partial charge in [-0.05, 0) is 37.5 Å². The third-order valence-electron chi connectivity index (χ3n) is 4.10. The average molecular weight is 341 g/mol. The van der Waals surface area contributed by atoms with Crippen molar-refractivity contribution in [1.29, 1.82) is 0 Å². The number of hydrogen-bond acceptors (Lipinski definition) is 2. The molecule has 1 aromatic carbocycles. The number of halogens is 2. The van der Waals surface area contributed by atoms with Crippen LogP contribution in [-0.2, 0) is 4.79 Å². The number of carboxylic acids is 1. The number of rotatable bonds is 4. The lowest BCUT2D eigenvalue weighted by atomic mass is 9.74. The third kappa shape index (κ3) is 2.66. The van der Waals surface area contributed by atoms with Crippen LogP contribution < -0.4 is 5.32 Å². The van der Waals surface area contributed by atoms with Gasteiger partial charge in [-0.3, -0.25) is 9.59 Å². The van der Waals surface area contributed by atoms with E-state index in [1.54, 1.807) is 18.2 Å². The molecule has 1 heterocycles. The van der Waals surface area contributed by atoms with E-state index in [1.165, 1.54) is 0 Å². The molecule has 3 rings (SSSR count). The summed E-state index contributed by atoms with van der Waals surface area (Å²) in [6.45, 7) is 0. The maximum absolute atomic E-state index is 12.5. The molecule has 0 atom stereocenters. The number of carboxylic acid groups (broad SMARTS) is 1. The molecule has 1 saturated carbocycles. The summed E-state index contributed by atoms with van der Waals surface area (Å²) < 4.78 is 0. The number of nitrogens with one attached hydrogen (secondary N) is 2. The summed E-state index contributed by atoms with van der Waals surface area (Å²) in [5.74, 6) is -1.31. The third-order valence-corrected chi connectivity index (χ3v) is 4.73. The Balaban J connectivity index is 1.89. The fourth-order valence-electron chi connectivity index (χ4n) is 2.83. The number of aromatic amines is 1. The van der Waals surface area contributed by atoms with E-state index in [4.69, 9.17) is 28.3 Å². The molecule has 0 bridgehead atoms. The van der Waals surface area contributed by atoms with E-state index >= 15 is 0 Å². The molecule has 0 radical (unpaired) electrons. The molecule has 0 saturated heterocycles. The molecule has 1 aliphatic rings. The van der Waals surface area contributed by atoms with Crippen molar-refractivity contribution in [1.82, 2.24) is 10.3 Å². The zero-order valence-corrected chi connectivity index (χ0v) is 13.1. The first-order valence-electron chi connectivity index (χ1n) is 6.91. The highest BCUT2D eigenvalue weighted by molar-refractivity contribution is 6.39. The summed E-state index contributed by atoms with van der Waals surface area (Å²) in [5.41, 5.74) is 0.275. The van der Waals surface area contributed by atoms with Gasteiger partial charge in [-0.2, -0.15) is 0 Å². The summed E-state index contributed by atoms with van der Waals surface area (Å²) in [6, 6.07) is 5.13.